The number of hydrogen-bond acceptors (Lipinski definition) is 2. The van der Waals surface area contributed by atoms with E-state index < -0.39 is 0 Å². The van der Waals surface area contributed by atoms with E-state index in [1.807, 2.05) is 36.9 Å². The Bertz CT molecular complexity index is 348. The number of carbonyl (C=O) groups excluding carboxylic acids is 1. The SMILES string of the molecule is CC[C@H](c1ccccc1)N(C(=O)CN)C(C)C. The van der Waals surface area contributed by atoms with E-state index >= 15 is 0 Å². The van der Waals surface area contributed by atoms with Gasteiger partial charge in [0.25, 0.3) is 0 Å². The predicted molar refractivity (Wildman–Crippen MR) is 70.5 cm³/mol. The fraction of sp³-hybridized carbons (Fsp3) is 0.500. The van der Waals surface area contributed by atoms with Crippen molar-refractivity contribution in [3.05, 3.63) is 35.9 Å². The first-order valence-corrected chi connectivity index (χ1v) is 6.18. The summed E-state index contributed by atoms with van der Waals surface area (Å²) in [4.78, 5) is 13.8. The Morgan fingerprint density at radius 2 is 1.88 bits per heavy atom. The average Bonchev–Trinajstić information content (AvgIpc) is 2.35. The fourth-order valence-electron chi connectivity index (χ4n) is 2.20. The van der Waals surface area contributed by atoms with Crippen LogP contribution in [0.1, 0.15) is 38.8 Å². The lowest BCUT2D eigenvalue weighted by Gasteiger charge is -2.34. The second-order valence-electron chi connectivity index (χ2n) is 4.43. The quantitative estimate of drug-likeness (QED) is 0.850. The molecule has 94 valence electrons. The first-order chi connectivity index (χ1) is 8.11. The van der Waals surface area contributed by atoms with E-state index in [1.165, 1.54) is 5.56 Å². The Labute approximate surface area is 104 Å². The van der Waals surface area contributed by atoms with Gasteiger partial charge in [-0.1, -0.05) is 37.3 Å². The summed E-state index contributed by atoms with van der Waals surface area (Å²) in [6, 6.07) is 10.4. The van der Waals surface area contributed by atoms with Gasteiger partial charge in [-0.05, 0) is 25.8 Å². The molecule has 0 aromatic heterocycles. The predicted octanol–water partition coefficient (Wildman–Crippen LogP) is 2.33. The molecular formula is C14H22N2O. The largest absolute Gasteiger partial charge is 0.332 e. The van der Waals surface area contributed by atoms with Crippen molar-refractivity contribution in [2.24, 2.45) is 5.73 Å². The van der Waals surface area contributed by atoms with Gasteiger partial charge in [0.1, 0.15) is 0 Å². The van der Waals surface area contributed by atoms with Crippen LogP contribution in [0.2, 0.25) is 0 Å². The summed E-state index contributed by atoms with van der Waals surface area (Å²) in [6.45, 7) is 6.22. The highest BCUT2D eigenvalue weighted by Crippen LogP contribution is 2.25. The monoisotopic (exact) mass is 234 g/mol. The number of nitrogens with two attached hydrogens (primary N) is 1. The van der Waals surface area contributed by atoms with Crippen LogP contribution in [0.25, 0.3) is 0 Å². The van der Waals surface area contributed by atoms with Crippen LogP contribution in [0.15, 0.2) is 30.3 Å². The summed E-state index contributed by atoms with van der Waals surface area (Å²) in [5.41, 5.74) is 6.66. The molecule has 0 fully saturated rings. The standard InChI is InChI=1S/C14H22N2O/c1-4-13(12-8-6-5-7-9-12)16(11(2)3)14(17)10-15/h5-9,11,13H,4,10,15H2,1-3H3/t13-/m1/s1. The molecule has 1 aromatic carbocycles. The molecule has 1 atom stereocenters. The number of amides is 1. The van der Waals surface area contributed by atoms with Crippen LogP contribution in [0.5, 0.6) is 0 Å². The highest BCUT2D eigenvalue weighted by atomic mass is 16.2. The third kappa shape index (κ3) is 3.30. The van der Waals surface area contributed by atoms with Crippen molar-refractivity contribution < 1.29 is 4.79 Å². The average molecular weight is 234 g/mol. The topological polar surface area (TPSA) is 46.3 Å². The molecule has 0 radical (unpaired) electrons. The van der Waals surface area contributed by atoms with E-state index in [2.05, 4.69) is 19.1 Å². The van der Waals surface area contributed by atoms with E-state index in [-0.39, 0.29) is 24.5 Å². The van der Waals surface area contributed by atoms with E-state index in [4.69, 9.17) is 5.73 Å². The molecule has 0 saturated carbocycles. The molecule has 1 rings (SSSR count). The van der Waals surface area contributed by atoms with E-state index in [9.17, 15) is 4.79 Å². The van der Waals surface area contributed by atoms with Gasteiger partial charge in [-0.3, -0.25) is 4.79 Å². The van der Waals surface area contributed by atoms with Gasteiger partial charge >= 0.3 is 0 Å². The Morgan fingerprint density at radius 3 is 2.29 bits per heavy atom. The maximum atomic E-state index is 11.9. The van der Waals surface area contributed by atoms with Gasteiger partial charge < -0.3 is 10.6 Å². The molecule has 0 spiro atoms. The van der Waals surface area contributed by atoms with Crippen molar-refractivity contribution in [2.75, 3.05) is 6.54 Å². The van der Waals surface area contributed by atoms with Crippen LogP contribution in [0.3, 0.4) is 0 Å². The van der Waals surface area contributed by atoms with Crippen LogP contribution in [0.4, 0.5) is 0 Å². The minimum absolute atomic E-state index is 0.00991. The maximum absolute atomic E-state index is 11.9. The van der Waals surface area contributed by atoms with E-state index in [1.54, 1.807) is 0 Å². The molecule has 1 aromatic rings. The van der Waals surface area contributed by atoms with Gasteiger partial charge in [0.05, 0.1) is 12.6 Å². The first-order valence-electron chi connectivity index (χ1n) is 6.18. The highest BCUT2D eigenvalue weighted by Gasteiger charge is 2.24. The molecule has 0 aliphatic rings. The summed E-state index contributed by atoms with van der Waals surface area (Å²) in [7, 11) is 0. The molecule has 0 unspecified atom stereocenters. The van der Waals surface area contributed by atoms with Gasteiger partial charge in [0.15, 0.2) is 0 Å². The summed E-state index contributed by atoms with van der Waals surface area (Å²) < 4.78 is 0. The number of carbonyl (C=O) groups is 1. The van der Waals surface area contributed by atoms with Gasteiger partial charge in [0.2, 0.25) is 5.91 Å². The summed E-state index contributed by atoms with van der Waals surface area (Å²) in [5.74, 6) is 0.00991. The Balaban J connectivity index is 3.02. The van der Waals surface area contributed by atoms with Gasteiger partial charge in [0, 0.05) is 6.04 Å². The van der Waals surface area contributed by atoms with Crippen molar-refractivity contribution in [1.29, 1.82) is 0 Å². The van der Waals surface area contributed by atoms with Gasteiger partial charge in [-0.25, -0.2) is 0 Å². The first kappa shape index (κ1) is 13.7. The summed E-state index contributed by atoms with van der Waals surface area (Å²) >= 11 is 0. The molecule has 2 N–H and O–H groups in total. The molecule has 0 aliphatic carbocycles. The van der Waals surface area contributed by atoms with Gasteiger partial charge in [-0.2, -0.15) is 0 Å². The van der Waals surface area contributed by atoms with Crippen LogP contribution >= 0.6 is 0 Å². The number of hydrogen-bond donors (Lipinski definition) is 1. The van der Waals surface area contributed by atoms with Crippen molar-refractivity contribution in [1.82, 2.24) is 4.90 Å². The van der Waals surface area contributed by atoms with Crippen molar-refractivity contribution >= 4 is 5.91 Å². The number of benzene rings is 1. The van der Waals surface area contributed by atoms with Crippen molar-refractivity contribution in [3.8, 4) is 0 Å². The molecule has 1 amide bonds. The second kappa shape index (κ2) is 6.40. The zero-order chi connectivity index (χ0) is 12.8. The van der Waals surface area contributed by atoms with Crippen molar-refractivity contribution in [3.63, 3.8) is 0 Å². The second-order valence-corrected chi connectivity index (χ2v) is 4.43. The lowest BCUT2D eigenvalue weighted by Crippen LogP contribution is -2.43. The molecule has 0 aliphatic heterocycles. The van der Waals surface area contributed by atoms with E-state index in [0.717, 1.165) is 6.42 Å². The van der Waals surface area contributed by atoms with Crippen LogP contribution < -0.4 is 5.73 Å². The fourth-order valence-corrected chi connectivity index (χ4v) is 2.20. The normalized spacial score (nSPS) is 12.5. The number of nitrogens with zero attached hydrogens (tertiary/aromatic N) is 1. The highest BCUT2D eigenvalue weighted by molar-refractivity contribution is 5.78. The summed E-state index contributed by atoms with van der Waals surface area (Å²) in [6.07, 6.45) is 0.897. The zero-order valence-corrected chi connectivity index (χ0v) is 10.9. The maximum Gasteiger partial charge on any atom is 0.237 e. The molecule has 3 nitrogen and oxygen atoms in total. The zero-order valence-electron chi connectivity index (χ0n) is 10.9. The minimum Gasteiger partial charge on any atom is -0.332 e. The Hall–Kier alpha value is -1.35. The van der Waals surface area contributed by atoms with Crippen molar-refractivity contribution in [2.45, 2.75) is 39.3 Å². The molecule has 0 bridgehead atoms. The van der Waals surface area contributed by atoms with Gasteiger partial charge in [-0.15, -0.1) is 0 Å². The Kier molecular flexibility index (Phi) is 5.16. The van der Waals surface area contributed by atoms with Crippen LogP contribution in [-0.4, -0.2) is 23.4 Å². The molecular weight excluding hydrogens is 212 g/mol. The summed E-state index contributed by atoms with van der Waals surface area (Å²) in [5, 5.41) is 0. The molecule has 0 heterocycles. The number of rotatable bonds is 5. The van der Waals surface area contributed by atoms with Crippen LogP contribution in [-0.2, 0) is 4.79 Å². The lowest BCUT2D eigenvalue weighted by atomic mass is 10.0. The lowest BCUT2D eigenvalue weighted by molar-refractivity contribution is -0.134. The molecule has 0 saturated heterocycles. The molecule has 17 heavy (non-hydrogen) atoms. The van der Waals surface area contributed by atoms with Crippen LogP contribution in [0, 0.1) is 0 Å². The Morgan fingerprint density at radius 1 is 1.29 bits per heavy atom. The minimum atomic E-state index is 0.00991. The van der Waals surface area contributed by atoms with E-state index in [0.29, 0.717) is 0 Å². The molecule has 3 heteroatoms. The smallest absolute Gasteiger partial charge is 0.237 e. The third-order valence-electron chi connectivity index (χ3n) is 2.93. The third-order valence-corrected chi connectivity index (χ3v) is 2.93.